The number of rotatable bonds is 2. The molecule has 2 rings (SSSR count). The van der Waals surface area contributed by atoms with Gasteiger partial charge in [0.2, 0.25) is 0 Å². The first-order valence-corrected chi connectivity index (χ1v) is 8.44. The zero-order valence-corrected chi connectivity index (χ0v) is 12.7. The normalized spacial score (nSPS) is 21.1. The fraction of sp³-hybridized carbons (Fsp3) is 0.462. The molecule has 0 unspecified atom stereocenters. The van der Waals surface area contributed by atoms with Crippen molar-refractivity contribution in [3.8, 4) is 0 Å². The summed E-state index contributed by atoms with van der Waals surface area (Å²) in [7, 11) is -2.88. The Labute approximate surface area is 119 Å². The molecule has 0 amide bonds. The van der Waals surface area contributed by atoms with E-state index in [2.05, 4.69) is 10.6 Å². The Morgan fingerprint density at radius 2 is 2.11 bits per heavy atom. The van der Waals surface area contributed by atoms with Crippen LogP contribution in [-0.4, -0.2) is 31.1 Å². The van der Waals surface area contributed by atoms with Crippen molar-refractivity contribution < 1.29 is 8.42 Å². The molecule has 0 radical (unpaired) electrons. The highest BCUT2D eigenvalue weighted by atomic mass is 32.2. The van der Waals surface area contributed by atoms with Gasteiger partial charge in [0.1, 0.15) is 0 Å². The van der Waals surface area contributed by atoms with Gasteiger partial charge in [-0.1, -0.05) is 12.1 Å². The van der Waals surface area contributed by atoms with E-state index in [0.29, 0.717) is 11.5 Å². The molecule has 6 heteroatoms. The molecule has 0 spiro atoms. The van der Waals surface area contributed by atoms with Gasteiger partial charge in [0.05, 0.1) is 11.5 Å². The molecule has 104 valence electrons. The van der Waals surface area contributed by atoms with Crippen LogP contribution in [0.2, 0.25) is 0 Å². The van der Waals surface area contributed by atoms with E-state index in [1.807, 2.05) is 32.0 Å². The van der Waals surface area contributed by atoms with Crippen LogP contribution < -0.4 is 10.6 Å². The van der Waals surface area contributed by atoms with Gasteiger partial charge in [-0.3, -0.25) is 0 Å². The molecule has 0 saturated carbocycles. The summed E-state index contributed by atoms with van der Waals surface area (Å²) in [5, 5.41) is 6.68. The van der Waals surface area contributed by atoms with E-state index in [1.54, 1.807) is 0 Å². The molecular weight excluding hydrogens is 280 g/mol. The SMILES string of the molecule is Cc1cccc(NC(=S)N[C@@H]2CCS(=O)(=O)C2)c1C. The van der Waals surface area contributed by atoms with Crippen LogP contribution in [-0.2, 0) is 9.84 Å². The van der Waals surface area contributed by atoms with Crippen LogP contribution in [0.1, 0.15) is 17.5 Å². The van der Waals surface area contributed by atoms with Crippen molar-refractivity contribution in [3.63, 3.8) is 0 Å². The highest BCUT2D eigenvalue weighted by Gasteiger charge is 2.28. The lowest BCUT2D eigenvalue weighted by atomic mass is 10.1. The van der Waals surface area contributed by atoms with Crippen LogP contribution >= 0.6 is 12.2 Å². The van der Waals surface area contributed by atoms with E-state index in [4.69, 9.17) is 12.2 Å². The first kappa shape index (κ1) is 14.3. The van der Waals surface area contributed by atoms with Gasteiger partial charge in [-0.05, 0) is 49.7 Å². The molecule has 1 aromatic carbocycles. The highest BCUT2D eigenvalue weighted by Crippen LogP contribution is 2.18. The number of aryl methyl sites for hydroxylation is 1. The summed E-state index contributed by atoms with van der Waals surface area (Å²) in [6.07, 6.45) is 0.622. The molecule has 1 fully saturated rings. The second-order valence-electron chi connectivity index (χ2n) is 4.95. The third-order valence-corrected chi connectivity index (χ3v) is 5.41. The number of anilines is 1. The fourth-order valence-electron chi connectivity index (χ4n) is 2.14. The summed E-state index contributed by atoms with van der Waals surface area (Å²) in [4.78, 5) is 0. The first-order chi connectivity index (χ1) is 8.87. The van der Waals surface area contributed by atoms with Crippen LogP contribution in [0, 0.1) is 13.8 Å². The smallest absolute Gasteiger partial charge is 0.171 e. The van der Waals surface area contributed by atoms with Gasteiger partial charge >= 0.3 is 0 Å². The number of sulfone groups is 1. The third-order valence-electron chi connectivity index (χ3n) is 3.42. The van der Waals surface area contributed by atoms with Gasteiger partial charge in [0, 0.05) is 11.7 Å². The quantitative estimate of drug-likeness (QED) is 0.815. The van der Waals surface area contributed by atoms with Crippen molar-refractivity contribution in [3.05, 3.63) is 29.3 Å². The molecule has 0 bridgehead atoms. The van der Waals surface area contributed by atoms with Crippen molar-refractivity contribution in [1.82, 2.24) is 5.32 Å². The van der Waals surface area contributed by atoms with E-state index in [-0.39, 0.29) is 17.5 Å². The second kappa shape index (κ2) is 5.46. The van der Waals surface area contributed by atoms with Gasteiger partial charge in [-0.25, -0.2) is 8.42 Å². The van der Waals surface area contributed by atoms with E-state index in [9.17, 15) is 8.42 Å². The molecule has 19 heavy (non-hydrogen) atoms. The molecule has 4 nitrogen and oxygen atoms in total. The Morgan fingerprint density at radius 3 is 2.74 bits per heavy atom. The van der Waals surface area contributed by atoms with Gasteiger partial charge in [-0.2, -0.15) is 0 Å². The maximum atomic E-state index is 11.4. The van der Waals surface area contributed by atoms with Crippen LogP contribution in [0.4, 0.5) is 5.69 Å². The molecular formula is C13H18N2O2S2. The minimum atomic E-state index is -2.88. The number of hydrogen-bond donors (Lipinski definition) is 2. The van der Waals surface area contributed by atoms with E-state index >= 15 is 0 Å². The summed E-state index contributed by atoms with van der Waals surface area (Å²) in [6.45, 7) is 4.07. The van der Waals surface area contributed by atoms with Crippen molar-refractivity contribution in [2.24, 2.45) is 0 Å². The maximum Gasteiger partial charge on any atom is 0.171 e. The van der Waals surface area contributed by atoms with Gasteiger partial charge in [0.15, 0.2) is 14.9 Å². The zero-order valence-electron chi connectivity index (χ0n) is 11.1. The minimum absolute atomic E-state index is 0.0740. The number of benzene rings is 1. The lowest BCUT2D eigenvalue weighted by Gasteiger charge is -2.16. The molecule has 2 N–H and O–H groups in total. The molecule has 1 heterocycles. The van der Waals surface area contributed by atoms with Crippen molar-refractivity contribution >= 4 is 32.9 Å². The largest absolute Gasteiger partial charge is 0.359 e. The molecule has 1 saturated heterocycles. The summed E-state index contributed by atoms with van der Waals surface area (Å²) < 4.78 is 22.8. The van der Waals surface area contributed by atoms with Crippen molar-refractivity contribution in [1.29, 1.82) is 0 Å². The minimum Gasteiger partial charge on any atom is -0.359 e. The number of thiocarbonyl (C=S) groups is 1. The average molecular weight is 298 g/mol. The molecule has 1 aliphatic rings. The molecule has 0 aliphatic carbocycles. The maximum absolute atomic E-state index is 11.4. The summed E-state index contributed by atoms with van der Waals surface area (Å²) >= 11 is 5.23. The van der Waals surface area contributed by atoms with Gasteiger partial charge < -0.3 is 10.6 Å². The predicted octanol–water partition coefficient (Wildman–Crippen LogP) is 1.78. The van der Waals surface area contributed by atoms with Gasteiger partial charge in [0.25, 0.3) is 0 Å². The van der Waals surface area contributed by atoms with E-state index in [1.165, 1.54) is 5.56 Å². The predicted molar refractivity (Wildman–Crippen MR) is 82.3 cm³/mol. The monoisotopic (exact) mass is 298 g/mol. The highest BCUT2D eigenvalue weighted by molar-refractivity contribution is 7.91. The van der Waals surface area contributed by atoms with E-state index in [0.717, 1.165) is 11.3 Å². The van der Waals surface area contributed by atoms with Crippen molar-refractivity contribution in [2.45, 2.75) is 26.3 Å². The average Bonchev–Trinajstić information content (AvgIpc) is 2.64. The zero-order chi connectivity index (χ0) is 14.0. The topological polar surface area (TPSA) is 58.2 Å². The standard InChI is InChI=1S/C13H18N2O2S2/c1-9-4-3-5-12(10(9)2)15-13(18)14-11-6-7-19(16,17)8-11/h3-5,11H,6-8H2,1-2H3,(H2,14,15,18)/t11-/m1/s1. The summed E-state index contributed by atoms with van der Waals surface area (Å²) in [6, 6.07) is 5.89. The Morgan fingerprint density at radius 1 is 1.37 bits per heavy atom. The van der Waals surface area contributed by atoms with Crippen LogP contribution in [0.3, 0.4) is 0 Å². The van der Waals surface area contributed by atoms with Crippen molar-refractivity contribution in [2.75, 3.05) is 16.8 Å². The number of nitrogens with one attached hydrogen (secondary N) is 2. The fourth-order valence-corrected chi connectivity index (χ4v) is 4.09. The number of hydrogen-bond acceptors (Lipinski definition) is 3. The molecule has 1 aromatic rings. The van der Waals surface area contributed by atoms with Crippen LogP contribution in [0.25, 0.3) is 0 Å². The third kappa shape index (κ3) is 3.67. The molecule has 1 aliphatic heterocycles. The Hall–Kier alpha value is -1.14. The Balaban J connectivity index is 1.97. The molecule has 0 aromatic heterocycles. The summed E-state index contributed by atoms with van der Waals surface area (Å²) in [5.41, 5.74) is 3.29. The molecule has 1 atom stereocenters. The Kier molecular flexibility index (Phi) is 4.10. The van der Waals surface area contributed by atoms with Gasteiger partial charge in [-0.15, -0.1) is 0 Å². The summed E-state index contributed by atoms with van der Waals surface area (Å²) in [5.74, 6) is 0.415. The second-order valence-corrected chi connectivity index (χ2v) is 7.58. The van der Waals surface area contributed by atoms with E-state index < -0.39 is 9.84 Å². The lowest BCUT2D eigenvalue weighted by molar-refractivity contribution is 0.600. The first-order valence-electron chi connectivity index (χ1n) is 6.21. The van der Waals surface area contributed by atoms with Crippen LogP contribution in [0.15, 0.2) is 18.2 Å². The van der Waals surface area contributed by atoms with Crippen LogP contribution in [0.5, 0.6) is 0 Å². The lowest BCUT2D eigenvalue weighted by Crippen LogP contribution is -2.38. The Bertz CT molecular complexity index is 597.